The highest BCUT2D eigenvalue weighted by Gasteiger charge is 2.11. The lowest BCUT2D eigenvalue weighted by Crippen LogP contribution is -1.93. The van der Waals surface area contributed by atoms with E-state index in [9.17, 15) is 0 Å². The molecule has 0 saturated carbocycles. The zero-order valence-corrected chi connectivity index (χ0v) is 23.0. The monoisotopic (exact) mass is 540 g/mol. The summed E-state index contributed by atoms with van der Waals surface area (Å²) in [5.74, 6) is 0. The largest absolute Gasteiger partial charge is 0.403 e. The molecule has 0 amide bonds. The van der Waals surface area contributed by atoms with Gasteiger partial charge < -0.3 is 5.73 Å². The van der Waals surface area contributed by atoms with Crippen LogP contribution in [-0.2, 0) is 6.42 Å². The number of fused-ring (bicyclic) bond motifs is 4. The first-order valence-corrected chi connectivity index (χ1v) is 14.0. The van der Waals surface area contributed by atoms with Crippen molar-refractivity contribution in [2.24, 2.45) is 10.7 Å². The van der Waals surface area contributed by atoms with Crippen LogP contribution in [0.4, 0.5) is 0 Å². The molecule has 7 aromatic rings. The maximum Gasteiger partial charge on any atom is 0.0972 e. The van der Waals surface area contributed by atoms with E-state index in [0.717, 1.165) is 61.1 Å². The quantitative estimate of drug-likeness (QED) is 0.169. The van der Waals surface area contributed by atoms with Gasteiger partial charge in [-0.1, -0.05) is 115 Å². The van der Waals surface area contributed by atoms with Crippen LogP contribution in [0.25, 0.3) is 60.8 Å². The van der Waals surface area contributed by atoms with Crippen LogP contribution in [0.3, 0.4) is 0 Å². The molecule has 0 aliphatic carbocycles. The lowest BCUT2D eigenvalue weighted by Gasteiger charge is -2.10. The first-order chi connectivity index (χ1) is 20.8. The summed E-state index contributed by atoms with van der Waals surface area (Å²) in [6.07, 6.45) is 4.14. The summed E-state index contributed by atoms with van der Waals surface area (Å²) in [4.78, 5) is 14.9. The highest BCUT2D eigenvalue weighted by Crippen LogP contribution is 2.32. The molecule has 0 bridgehead atoms. The van der Waals surface area contributed by atoms with Gasteiger partial charge in [-0.15, -0.1) is 0 Å². The number of hydrogen-bond acceptors (Lipinski definition) is 4. The third-order valence-corrected chi connectivity index (χ3v) is 7.59. The van der Waals surface area contributed by atoms with Crippen molar-refractivity contribution in [3.63, 3.8) is 0 Å². The molecule has 0 aliphatic rings. The lowest BCUT2D eigenvalue weighted by molar-refractivity contribution is 1.32. The van der Waals surface area contributed by atoms with Crippen molar-refractivity contribution < 1.29 is 0 Å². The zero-order chi connectivity index (χ0) is 28.3. The van der Waals surface area contributed by atoms with Crippen LogP contribution >= 0.6 is 0 Å². The Morgan fingerprint density at radius 1 is 0.619 bits per heavy atom. The molecule has 42 heavy (non-hydrogen) atoms. The van der Waals surface area contributed by atoms with Gasteiger partial charge in [0.2, 0.25) is 0 Å². The molecule has 200 valence electrons. The summed E-state index contributed by atoms with van der Waals surface area (Å²) >= 11 is 0. The molecule has 0 atom stereocenters. The highest BCUT2D eigenvalue weighted by molar-refractivity contribution is 6.05. The lowest BCUT2D eigenvalue weighted by atomic mass is 10.0. The maximum absolute atomic E-state index is 5.85. The SMILES string of the molecule is N/C=C(\N=CCc1cccc(-c2ccc3ccc4ccc(-c5cccc6ccccc56)nc4c3n2)c1)c1ccccc1. The number of rotatable bonds is 6. The Labute approximate surface area is 244 Å². The fourth-order valence-electron chi connectivity index (χ4n) is 5.46. The minimum atomic E-state index is 0.685. The molecule has 2 aromatic heterocycles. The number of hydrogen-bond donors (Lipinski definition) is 1. The van der Waals surface area contributed by atoms with Crippen LogP contribution in [0.2, 0.25) is 0 Å². The number of nitrogens with two attached hydrogens (primary N) is 1. The third kappa shape index (κ3) is 4.91. The van der Waals surface area contributed by atoms with Gasteiger partial charge in [-0.2, -0.15) is 0 Å². The van der Waals surface area contributed by atoms with Gasteiger partial charge in [0.1, 0.15) is 0 Å². The van der Waals surface area contributed by atoms with E-state index in [0.29, 0.717) is 6.42 Å². The summed E-state index contributed by atoms with van der Waals surface area (Å²) in [5.41, 5.74) is 14.6. The second-order valence-corrected chi connectivity index (χ2v) is 10.3. The second kappa shape index (κ2) is 11.1. The number of aromatic nitrogens is 2. The fourth-order valence-corrected chi connectivity index (χ4v) is 5.46. The summed E-state index contributed by atoms with van der Waals surface area (Å²) in [5, 5.41) is 4.54. The average Bonchev–Trinajstić information content (AvgIpc) is 3.06. The number of nitrogens with zero attached hydrogens (tertiary/aromatic N) is 3. The molecule has 5 aromatic carbocycles. The smallest absolute Gasteiger partial charge is 0.0972 e. The second-order valence-electron chi connectivity index (χ2n) is 10.3. The van der Waals surface area contributed by atoms with Crippen molar-refractivity contribution >= 4 is 44.5 Å². The Balaban J connectivity index is 1.24. The molecule has 0 aliphatic heterocycles. The topological polar surface area (TPSA) is 64.2 Å². The molecule has 0 unspecified atom stereocenters. The van der Waals surface area contributed by atoms with E-state index in [2.05, 4.69) is 108 Å². The molecular formula is C38H28N4. The van der Waals surface area contributed by atoms with Crippen molar-refractivity contribution in [1.29, 1.82) is 0 Å². The third-order valence-electron chi connectivity index (χ3n) is 7.59. The van der Waals surface area contributed by atoms with Crippen molar-refractivity contribution in [3.05, 3.63) is 151 Å². The van der Waals surface area contributed by atoms with Crippen LogP contribution in [-0.4, -0.2) is 16.2 Å². The van der Waals surface area contributed by atoms with Gasteiger partial charge >= 0.3 is 0 Å². The molecular weight excluding hydrogens is 512 g/mol. The van der Waals surface area contributed by atoms with E-state index in [-0.39, 0.29) is 0 Å². The minimum absolute atomic E-state index is 0.685. The molecule has 7 rings (SSSR count). The van der Waals surface area contributed by atoms with Crippen LogP contribution < -0.4 is 5.73 Å². The standard InChI is InChI=1S/C38H28N4/c39-25-36(28-10-2-1-3-11-28)40-23-22-26-8-6-13-31(24-26)34-20-18-29-16-17-30-19-21-35(42-38(30)37(29)41-34)33-15-7-12-27-9-4-5-14-32(27)33/h1-21,23-25H,22,39H2/b36-25-,40-23?. The van der Waals surface area contributed by atoms with Gasteiger partial charge in [-0.3, -0.25) is 4.99 Å². The summed E-state index contributed by atoms with van der Waals surface area (Å²) in [6.45, 7) is 0. The Hall–Kier alpha value is -5.61. The molecule has 2 N–H and O–H groups in total. The Bertz CT molecular complexity index is 2120. The van der Waals surface area contributed by atoms with Gasteiger partial charge in [0.05, 0.1) is 28.1 Å². The molecule has 0 saturated heterocycles. The van der Waals surface area contributed by atoms with E-state index in [1.807, 2.05) is 36.5 Å². The van der Waals surface area contributed by atoms with Crippen LogP contribution in [0.15, 0.2) is 145 Å². The Kier molecular flexibility index (Phi) is 6.71. The first-order valence-electron chi connectivity index (χ1n) is 14.0. The van der Waals surface area contributed by atoms with Crippen molar-refractivity contribution in [2.45, 2.75) is 6.42 Å². The van der Waals surface area contributed by atoms with Crippen molar-refractivity contribution in [2.75, 3.05) is 0 Å². The van der Waals surface area contributed by atoms with Gasteiger partial charge in [0.25, 0.3) is 0 Å². The van der Waals surface area contributed by atoms with Crippen molar-refractivity contribution in [3.8, 4) is 22.5 Å². The highest BCUT2D eigenvalue weighted by atomic mass is 14.8. The number of aliphatic imine (C=N–C) groups is 1. The Morgan fingerprint density at radius 3 is 2.10 bits per heavy atom. The summed E-state index contributed by atoms with van der Waals surface area (Å²) in [6, 6.07) is 45.9. The first kappa shape index (κ1) is 25.4. The van der Waals surface area contributed by atoms with Crippen LogP contribution in [0, 0.1) is 0 Å². The molecule has 0 radical (unpaired) electrons. The van der Waals surface area contributed by atoms with Crippen molar-refractivity contribution in [1.82, 2.24) is 9.97 Å². The summed E-state index contributed by atoms with van der Waals surface area (Å²) in [7, 11) is 0. The molecule has 4 nitrogen and oxygen atoms in total. The van der Waals surface area contributed by atoms with Crippen LogP contribution in [0.1, 0.15) is 11.1 Å². The van der Waals surface area contributed by atoms with Gasteiger partial charge in [0, 0.05) is 46.3 Å². The van der Waals surface area contributed by atoms with E-state index >= 15 is 0 Å². The minimum Gasteiger partial charge on any atom is -0.403 e. The maximum atomic E-state index is 5.85. The fraction of sp³-hybridized carbons (Fsp3) is 0.0263. The zero-order valence-electron chi connectivity index (χ0n) is 23.0. The normalized spacial score (nSPS) is 12.0. The Morgan fingerprint density at radius 2 is 1.29 bits per heavy atom. The van der Waals surface area contributed by atoms with E-state index in [1.165, 1.54) is 10.8 Å². The summed E-state index contributed by atoms with van der Waals surface area (Å²) < 4.78 is 0. The van der Waals surface area contributed by atoms with E-state index in [1.54, 1.807) is 6.20 Å². The molecule has 0 fully saturated rings. The molecule has 0 spiro atoms. The number of benzene rings is 5. The predicted octanol–water partition coefficient (Wildman–Crippen LogP) is 8.84. The van der Waals surface area contributed by atoms with Gasteiger partial charge in [-0.25, -0.2) is 9.97 Å². The van der Waals surface area contributed by atoms with Crippen LogP contribution in [0.5, 0.6) is 0 Å². The van der Waals surface area contributed by atoms with E-state index < -0.39 is 0 Å². The predicted molar refractivity (Wildman–Crippen MR) is 176 cm³/mol. The molecule has 2 heterocycles. The average molecular weight is 541 g/mol. The van der Waals surface area contributed by atoms with E-state index in [4.69, 9.17) is 15.7 Å². The molecule has 4 heteroatoms. The number of pyridine rings is 2. The van der Waals surface area contributed by atoms with Gasteiger partial charge in [0.15, 0.2) is 0 Å². The van der Waals surface area contributed by atoms with Gasteiger partial charge in [-0.05, 0) is 34.5 Å².